The highest BCUT2D eigenvalue weighted by Crippen LogP contribution is 2.29. The number of hydrazone groups is 1. The molecule has 0 amide bonds. The van der Waals surface area contributed by atoms with Gasteiger partial charge in [-0.15, -0.1) is 11.3 Å². The Morgan fingerprint density at radius 2 is 2.17 bits per heavy atom. The van der Waals surface area contributed by atoms with Crippen molar-refractivity contribution in [2.45, 2.75) is 4.21 Å². The van der Waals surface area contributed by atoms with Crippen molar-refractivity contribution in [1.82, 2.24) is 9.99 Å². The molecule has 0 aliphatic carbocycles. The van der Waals surface area contributed by atoms with Gasteiger partial charge in [0.25, 0.3) is 0 Å². The predicted molar refractivity (Wildman–Crippen MR) is 102 cm³/mol. The van der Waals surface area contributed by atoms with E-state index >= 15 is 0 Å². The van der Waals surface area contributed by atoms with Crippen LogP contribution in [0, 0.1) is 0 Å². The molecule has 0 aliphatic heterocycles. The van der Waals surface area contributed by atoms with Crippen molar-refractivity contribution in [3.8, 4) is 0 Å². The minimum atomic E-state index is 0.945. The van der Waals surface area contributed by atoms with Crippen LogP contribution in [0.15, 0.2) is 56.1 Å². The summed E-state index contributed by atoms with van der Waals surface area (Å²) in [4.78, 5) is 7.57. The molecule has 3 rings (SSSR count). The van der Waals surface area contributed by atoms with Crippen molar-refractivity contribution in [2.24, 2.45) is 10.1 Å². The molecule has 0 atom stereocenters. The fourth-order valence-corrected chi connectivity index (χ4v) is 3.47. The smallest absolute Gasteiger partial charge is 0.135 e. The Bertz CT molecular complexity index is 818. The van der Waals surface area contributed by atoms with Crippen LogP contribution in [0.2, 0.25) is 0 Å². The molecule has 2 heterocycles. The van der Waals surface area contributed by atoms with Gasteiger partial charge >= 0.3 is 0 Å². The Labute approximate surface area is 143 Å². The van der Waals surface area contributed by atoms with Crippen LogP contribution in [-0.4, -0.2) is 36.6 Å². The van der Waals surface area contributed by atoms with E-state index < -0.39 is 0 Å². The van der Waals surface area contributed by atoms with Crippen LogP contribution in [0.25, 0.3) is 10.9 Å². The number of para-hydroxylation sites is 1. The van der Waals surface area contributed by atoms with E-state index in [1.54, 1.807) is 34.5 Å². The van der Waals surface area contributed by atoms with Gasteiger partial charge in [0.1, 0.15) is 6.34 Å². The molecule has 0 radical (unpaired) electrons. The Balaban J connectivity index is 1.77. The van der Waals surface area contributed by atoms with Gasteiger partial charge in [-0.2, -0.15) is 5.10 Å². The molecule has 2 aromatic heterocycles. The molecule has 0 fully saturated rings. The minimum absolute atomic E-state index is 0.945. The predicted octanol–water partition coefficient (Wildman–Crippen LogP) is 4.27. The first-order valence-corrected chi connectivity index (χ1v) is 8.73. The number of H-pyrrole nitrogens is 1. The number of nitrogens with zero attached hydrogens (tertiary/aromatic N) is 3. The number of hydrogen-bond donors (Lipinski definition) is 2. The second-order valence-corrected chi connectivity index (χ2v) is 7.04. The van der Waals surface area contributed by atoms with E-state index in [1.807, 2.05) is 26.2 Å². The molecule has 0 unspecified atom stereocenters. The lowest BCUT2D eigenvalue weighted by atomic mass is 10.2. The topological polar surface area (TPSA) is 55.8 Å². The summed E-state index contributed by atoms with van der Waals surface area (Å²) in [6, 6.07) is 12.4. The third kappa shape index (κ3) is 4.14. The Morgan fingerprint density at radius 1 is 1.26 bits per heavy atom. The molecule has 23 heavy (non-hydrogen) atoms. The van der Waals surface area contributed by atoms with E-state index in [-0.39, 0.29) is 0 Å². The number of aliphatic imine (C=N–C) groups is 1. The number of thiophene rings is 1. The third-order valence-corrected chi connectivity index (χ3v) is 4.86. The number of nitrogens with one attached hydrogen (secondary N) is 2. The van der Waals surface area contributed by atoms with E-state index in [0.717, 1.165) is 22.3 Å². The maximum atomic E-state index is 4.18. The summed E-state index contributed by atoms with van der Waals surface area (Å²) in [5.74, 6) is 0. The second kappa shape index (κ2) is 7.34. The lowest BCUT2D eigenvalue weighted by molar-refractivity contribution is 0.440. The summed E-state index contributed by atoms with van der Waals surface area (Å²) >= 11 is 3.34. The van der Waals surface area contributed by atoms with Crippen LogP contribution in [-0.2, 0) is 0 Å². The van der Waals surface area contributed by atoms with Gasteiger partial charge in [0.2, 0.25) is 0 Å². The normalized spacial score (nSPS) is 11.7. The molecule has 2 N–H and O–H groups in total. The Morgan fingerprint density at radius 3 is 2.96 bits per heavy atom. The lowest BCUT2D eigenvalue weighted by Crippen LogP contribution is -2.00. The first-order valence-electron chi connectivity index (χ1n) is 7.03. The fourth-order valence-electron chi connectivity index (χ4n) is 2.01. The van der Waals surface area contributed by atoms with Gasteiger partial charge in [0.15, 0.2) is 0 Å². The molecular formula is C16H17N5S2. The van der Waals surface area contributed by atoms with Crippen LogP contribution in [0.4, 0.5) is 5.69 Å². The molecule has 3 aromatic rings. The van der Waals surface area contributed by atoms with Gasteiger partial charge in [-0.3, -0.25) is 0 Å². The van der Waals surface area contributed by atoms with Crippen molar-refractivity contribution < 1.29 is 0 Å². The highest BCUT2D eigenvalue weighted by molar-refractivity contribution is 8.02. The van der Waals surface area contributed by atoms with Crippen molar-refractivity contribution in [2.75, 3.05) is 18.8 Å². The number of aromatic amines is 1. The SMILES string of the molecule is CN(C)/N=C\N=Cc1cc2cccc(NSc3cccs3)c2[nH]1. The van der Waals surface area contributed by atoms with E-state index in [2.05, 4.69) is 49.4 Å². The zero-order valence-electron chi connectivity index (χ0n) is 12.9. The summed E-state index contributed by atoms with van der Waals surface area (Å²) in [5, 5.41) is 8.97. The van der Waals surface area contributed by atoms with Gasteiger partial charge in [-0.05, 0) is 35.5 Å². The standard InChI is InChI=1S/C16H17N5S2/c1-21(2)18-11-17-10-13-9-12-5-3-6-14(16(12)19-13)20-23-15-7-4-8-22-15/h3-11,19-20H,1-2H3/b17-10?,18-11-. The van der Waals surface area contributed by atoms with Crippen LogP contribution >= 0.6 is 23.3 Å². The zero-order valence-corrected chi connectivity index (χ0v) is 14.5. The maximum Gasteiger partial charge on any atom is 0.135 e. The van der Waals surface area contributed by atoms with Gasteiger partial charge in [0.05, 0.1) is 27.3 Å². The summed E-state index contributed by atoms with van der Waals surface area (Å²) in [7, 11) is 3.72. The number of benzene rings is 1. The number of fused-ring (bicyclic) bond motifs is 1. The number of anilines is 1. The molecule has 7 heteroatoms. The summed E-state index contributed by atoms with van der Waals surface area (Å²) in [5.41, 5.74) is 3.07. The van der Waals surface area contributed by atoms with E-state index in [4.69, 9.17) is 0 Å². The number of hydrogen-bond acceptors (Lipinski definition) is 5. The molecular weight excluding hydrogens is 326 g/mol. The Kier molecular flexibility index (Phi) is 4.99. The van der Waals surface area contributed by atoms with E-state index in [9.17, 15) is 0 Å². The summed E-state index contributed by atoms with van der Waals surface area (Å²) < 4.78 is 4.64. The number of rotatable bonds is 6. The summed E-state index contributed by atoms with van der Waals surface area (Å²) in [6.07, 6.45) is 3.29. The molecule has 0 spiro atoms. The van der Waals surface area contributed by atoms with Crippen LogP contribution in [0.1, 0.15) is 5.69 Å². The molecule has 0 bridgehead atoms. The van der Waals surface area contributed by atoms with Gasteiger partial charge in [0, 0.05) is 19.5 Å². The van der Waals surface area contributed by atoms with Crippen molar-refractivity contribution >= 4 is 52.4 Å². The number of aromatic nitrogens is 1. The van der Waals surface area contributed by atoms with Gasteiger partial charge < -0.3 is 14.7 Å². The van der Waals surface area contributed by atoms with E-state index in [0.29, 0.717) is 0 Å². The van der Waals surface area contributed by atoms with Crippen LogP contribution < -0.4 is 4.72 Å². The summed E-state index contributed by atoms with van der Waals surface area (Å²) in [6.45, 7) is 0. The van der Waals surface area contributed by atoms with Crippen LogP contribution in [0.3, 0.4) is 0 Å². The highest BCUT2D eigenvalue weighted by atomic mass is 32.2. The Hall–Kier alpha value is -2.25. The second-order valence-electron chi connectivity index (χ2n) is 4.99. The average Bonchev–Trinajstić information content (AvgIpc) is 3.18. The highest BCUT2D eigenvalue weighted by Gasteiger charge is 2.05. The zero-order chi connectivity index (χ0) is 16.1. The van der Waals surface area contributed by atoms with Gasteiger partial charge in [-0.1, -0.05) is 18.2 Å². The van der Waals surface area contributed by atoms with Crippen LogP contribution in [0.5, 0.6) is 0 Å². The first-order chi connectivity index (χ1) is 11.2. The van der Waals surface area contributed by atoms with Gasteiger partial charge in [-0.25, -0.2) is 4.99 Å². The molecule has 118 valence electrons. The molecule has 5 nitrogen and oxygen atoms in total. The molecule has 0 aliphatic rings. The van der Waals surface area contributed by atoms with Crippen molar-refractivity contribution in [1.29, 1.82) is 0 Å². The largest absolute Gasteiger partial charge is 0.352 e. The maximum absolute atomic E-state index is 4.18. The minimum Gasteiger partial charge on any atom is -0.352 e. The molecule has 0 saturated heterocycles. The monoisotopic (exact) mass is 343 g/mol. The first kappa shape index (κ1) is 15.6. The fraction of sp³-hybridized carbons (Fsp3) is 0.125. The molecule has 1 aromatic carbocycles. The quantitative estimate of drug-likeness (QED) is 0.304. The lowest BCUT2D eigenvalue weighted by Gasteiger charge is -2.04. The van der Waals surface area contributed by atoms with Crippen molar-refractivity contribution in [3.63, 3.8) is 0 Å². The van der Waals surface area contributed by atoms with Crippen molar-refractivity contribution in [3.05, 3.63) is 47.5 Å². The average molecular weight is 343 g/mol. The third-order valence-electron chi connectivity index (χ3n) is 3.00. The molecule has 0 saturated carbocycles. The van der Waals surface area contributed by atoms with E-state index in [1.165, 1.54) is 10.5 Å².